The topological polar surface area (TPSA) is 26.3 Å². The van der Waals surface area contributed by atoms with Gasteiger partial charge in [0, 0.05) is 12.5 Å². The first-order chi connectivity index (χ1) is 4.33. The molecule has 0 aromatic carbocycles. The second kappa shape index (κ2) is 2.67. The van der Waals surface area contributed by atoms with Gasteiger partial charge in [-0.3, -0.25) is 0 Å². The molecule has 1 heterocycles. The fourth-order valence-electron chi connectivity index (χ4n) is 0.853. The Morgan fingerprint density at radius 3 is 2.78 bits per heavy atom. The molecule has 1 saturated heterocycles. The van der Waals surface area contributed by atoms with Gasteiger partial charge in [0.25, 0.3) is 0 Å². The second-order valence-corrected chi connectivity index (χ2v) is 2.68. The molecule has 3 heteroatoms. The maximum Gasteiger partial charge on any atom is 0.129 e. The largest absolute Gasteiger partial charge is 0.380 e. The van der Waals surface area contributed by atoms with Gasteiger partial charge < -0.3 is 9.53 Å². The van der Waals surface area contributed by atoms with Crippen LogP contribution >= 0.6 is 11.6 Å². The number of carbonyl (C=O) groups is 1. The molecule has 0 saturated carbocycles. The molecule has 0 aromatic rings. The molecule has 2 nitrogen and oxygen atoms in total. The molecule has 1 unspecified atom stereocenters. The normalized spacial score (nSPS) is 34.8. The molecule has 0 bridgehead atoms. The number of hydrogen-bond acceptors (Lipinski definition) is 2. The van der Waals surface area contributed by atoms with Gasteiger partial charge in [-0.25, -0.2) is 0 Å². The summed E-state index contributed by atoms with van der Waals surface area (Å²) in [7, 11) is 0. The molecule has 1 aliphatic rings. The van der Waals surface area contributed by atoms with Gasteiger partial charge in [0.2, 0.25) is 0 Å². The molecule has 0 aliphatic carbocycles. The van der Waals surface area contributed by atoms with Crippen LogP contribution in [0.3, 0.4) is 0 Å². The molecule has 1 rings (SSSR count). The predicted octanol–water partition coefficient (Wildman–Crippen LogP) is 0.831. The molecule has 0 amide bonds. The van der Waals surface area contributed by atoms with E-state index in [1.807, 2.05) is 0 Å². The van der Waals surface area contributed by atoms with E-state index in [1.54, 1.807) is 0 Å². The molecule has 0 aromatic heterocycles. The third kappa shape index (κ3) is 1.25. The summed E-state index contributed by atoms with van der Waals surface area (Å²) in [6, 6.07) is 0. The highest BCUT2D eigenvalue weighted by atomic mass is 35.5. The van der Waals surface area contributed by atoms with E-state index in [9.17, 15) is 4.79 Å². The second-order valence-electron chi connectivity index (χ2n) is 2.42. The van der Waals surface area contributed by atoms with Crippen molar-refractivity contribution in [3.05, 3.63) is 0 Å². The number of aldehydes is 1. The smallest absolute Gasteiger partial charge is 0.129 e. The molecule has 9 heavy (non-hydrogen) atoms. The van der Waals surface area contributed by atoms with Crippen molar-refractivity contribution in [1.29, 1.82) is 0 Å². The Morgan fingerprint density at radius 2 is 2.56 bits per heavy atom. The van der Waals surface area contributed by atoms with Gasteiger partial charge in [0.15, 0.2) is 0 Å². The minimum absolute atomic E-state index is 0.360. The van der Waals surface area contributed by atoms with E-state index in [-0.39, 0.29) is 5.41 Å². The lowest BCUT2D eigenvalue weighted by Crippen LogP contribution is -2.24. The van der Waals surface area contributed by atoms with E-state index >= 15 is 0 Å². The maximum absolute atomic E-state index is 10.4. The first-order valence-electron chi connectivity index (χ1n) is 2.93. The minimum Gasteiger partial charge on any atom is -0.380 e. The van der Waals surface area contributed by atoms with Gasteiger partial charge in [-0.15, -0.1) is 11.6 Å². The monoisotopic (exact) mass is 148 g/mol. The number of halogens is 1. The highest BCUT2D eigenvalue weighted by Crippen LogP contribution is 2.26. The number of hydrogen-bond donors (Lipinski definition) is 0. The van der Waals surface area contributed by atoms with Crippen molar-refractivity contribution < 1.29 is 9.53 Å². The lowest BCUT2D eigenvalue weighted by molar-refractivity contribution is -0.115. The van der Waals surface area contributed by atoms with Crippen molar-refractivity contribution in [2.75, 3.05) is 19.1 Å². The number of ether oxygens (including phenoxy) is 1. The standard InChI is InChI=1S/C6H9ClO2/c7-3-6(4-8)1-2-9-5-6/h4H,1-3,5H2. The average Bonchev–Trinajstić information content (AvgIpc) is 2.36. The maximum atomic E-state index is 10.4. The summed E-state index contributed by atoms with van der Waals surface area (Å²) in [5.74, 6) is 0.385. The van der Waals surface area contributed by atoms with Crippen LogP contribution in [0, 0.1) is 5.41 Å². The molecule has 0 N–H and O–H groups in total. The van der Waals surface area contributed by atoms with Gasteiger partial charge in [-0.2, -0.15) is 0 Å². The number of carbonyl (C=O) groups excluding carboxylic acids is 1. The summed E-state index contributed by atoms with van der Waals surface area (Å²) >= 11 is 5.55. The highest BCUT2D eigenvalue weighted by molar-refractivity contribution is 6.19. The van der Waals surface area contributed by atoms with Gasteiger partial charge in [-0.05, 0) is 6.42 Å². The summed E-state index contributed by atoms with van der Waals surface area (Å²) < 4.78 is 5.03. The van der Waals surface area contributed by atoms with E-state index < -0.39 is 0 Å². The van der Waals surface area contributed by atoms with Crippen molar-refractivity contribution in [3.8, 4) is 0 Å². The Hall–Kier alpha value is -0.0800. The number of alkyl halides is 1. The van der Waals surface area contributed by atoms with Gasteiger partial charge in [0.1, 0.15) is 6.29 Å². The lowest BCUT2D eigenvalue weighted by Gasteiger charge is -2.13. The molecule has 0 spiro atoms. The van der Waals surface area contributed by atoms with Crippen LogP contribution in [0.4, 0.5) is 0 Å². The minimum atomic E-state index is -0.360. The molecular weight excluding hydrogens is 140 g/mol. The van der Waals surface area contributed by atoms with Crippen LogP contribution in [0.1, 0.15) is 6.42 Å². The quantitative estimate of drug-likeness (QED) is 0.428. The Bertz CT molecular complexity index is 108. The van der Waals surface area contributed by atoms with Crippen LogP contribution < -0.4 is 0 Å². The van der Waals surface area contributed by atoms with Crippen molar-refractivity contribution in [2.45, 2.75) is 6.42 Å². The first-order valence-corrected chi connectivity index (χ1v) is 3.46. The van der Waals surface area contributed by atoms with Gasteiger partial charge in [-0.1, -0.05) is 0 Å². The zero-order valence-corrected chi connectivity index (χ0v) is 5.86. The van der Waals surface area contributed by atoms with Gasteiger partial charge >= 0.3 is 0 Å². The van der Waals surface area contributed by atoms with Crippen LogP contribution in [-0.2, 0) is 9.53 Å². The van der Waals surface area contributed by atoms with Crippen LogP contribution in [0.5, 0.6) is 0 Å². The summed E-state index contributed by atoms with van der Waals surface area (Å²) in [6.07, 6.45) is 1.69. The SMILES string of the molecule is O=CC1(CCl)CCOC1. The molecule has 1 atom stereocenters. The summed E-state index contributed by atoms with van der Waals surface area (Å²) in [6.45, 7) is 1.17. The van der Waals surface area contributed by atoms with Gasteiger partial charge in [0.05, 0.1) is 12.0 Å². The van der Waals surface area contributed by atoms with Crippen LogP contribution in [0.2, 0.25) is 0 Å². The Balaban J connectivity index is 2.55. The fourth-order valence-corrected chi connectivity index (χ4v) is 1.13. The molecule has 1 aliphatic heterocycles. The summed E-state index contributed by atoms with van der Waals surface area (Å²) in [4.78, 5) is 10.4. The third-order valence-corrected chi connectivity index (χ3v) is 2.18. The van der Waals surface area contributed by atoms with E-state index in [4.69, 9.17) is 16.3 Å². The fraction of sp³-hybridized carbons (Fsp3) is 0.833. The van der Waals surface area contributed by atoms with Crippen molar-refractivity contribution >= 4 is 17.9 Å². The van der Waals surface area contributed by atoms with Crippen LogP contribution in [-0.4, -0.2) is 25.4 Å². The van der Waals surface area contributed by atoms with E-state index in [2.05, 4.69) is 0 Å². The summed E-state index contributed by atoms with van der Waals surface area (Å²) in [5.41, 5.74) is -0.360. The van der Waals surface area contributed by atoms with E-state index in [0.717, 1.165) is 12.7 Å². The molecular formula is C6H9ClO2. The van der Waals surface area contributed by atoms with Crippen LogP contribution in [0.25, 0.3) is 0 Å². The zero-order valence-electron chi connectivity index (χ0n) is 5.10. The van der Waals surface area contributed by atoms with Crippen molar-refractivity contribution in [2.24, 2.45) is 5.41 Å². The summed E-state index contributed by atoms with van der Waals surface area (Å²) in [5, 5.41) is 0. The van der Waals surface area contributed by atoms with E-state index in [0.29, 0.717) is 19.1 Å². The third-order valence-electron chi connectivity index (χ3n) is 1.65. The first kappa shape index (κ1) is 7.03. The number of rotatable bonds is 2. The lowest BCUT2D eigenvalue weighted by atomic mass is 9.92. The molecule has 1 fully saturated rings. The van der Waals surface area contributed by atoms with E-state index in [1.165, 1.54) is 0 Å². The Morgan fingerprint density at radius 1 is 1.78 bits per heavy atom. The predicted molar refractivity (Wildman–Crippen MR) is 34.7 cm³/mol. The zero-order chi connectivity index (χ0) is 6.74. The highest BCUT2D eigenvalue weighted by Gasteiger charge is 2.33. The Labute approximate surface area is 59.1 Å². The van der Waals surface area contributed by atoms with Crippen molar-refractivity contribution in [3.63, 3.8) is 0 Å². The van der Waals surface area contributed by atoms with Crippen LogP contribution in [0.15, 0.2) is 0 Å². The Kier molecular flexibility index (Phi) is 2.09. The molecule has 52 valence electrons. The average molecular weight is 149 g/mol. The van der Waals surface area contributed by atoms with Crippen molar-refractivity contribution in [1.82, 2.24) is 0 Å². The molecule has 0 radical (unpaired) electrons.